The van der Waals surface area contributed by atoms with Gasteiger partial charge in [0.05, 0.1) is 23.2 Å². The first kappa shape index (κ1) is 11.7. The van der Waals surface area contributed by atoms with Gasteiger partial charge in [0, 0.05) is 12.1 Å². The van der Waals surface area contributed by atoms with Crippen molar-refractivity contribution in [2.75, 3.05) is 7.11 Å². The maximum absolute atomic E-state index is 11.3. The third-order valence-corrected chi connectivity index (χ3v) is 2.05. The summed E-state index contributed by atoms with van der Waals surface area (Å²) in [6, 6.07) is 4.10. The van der Waals surface area contributed by atoms with Crippen molar-refractivity contribution < 1.29 is 14.5 Å². The minimum atomic E-state index is -0.761. The molecule has 0 saturated heterocycles. The molecule has 0 aliphatic heterocycles. The predicted octanol–water partition coefficient (Wildman–Crippen LogP) is 1.56. The third-order valence-electron chi connectivity index (χ3n) is 2.05. The number of hydrogen-bond donors (Lipinski definition) is 0. The first-order chi connectivity index (χ1) is 7.51. The Labute approximate surface area is 91.2 Å². The van der Waals surface area contributed by atoms with Crippen LogP contribution in [0.5, 0.6) is 0 Å². The van der Waals surface area contributed by atoms with Gasteiger partial charge >= 0.3 is 5.97 Å². The Morgan fingerprint density at radius 2 is 2.19 bits per heavy atom. The largest absolute Gasteiger partial charge is 0.465 e. The van der Waals surface area contributed by atoms with Gasteiger partial charge in [0.15, 0.2) is 0 Å². The quantitative estimate of drug-likeness (QED) is 0.428. The summed E-state index contributed by atoms with van der Waals surface area (Å²) in [6.45, 7) is 1.53. The summed E-state index contributed by atoms with van der Waals surface area (Å²) in [7, 11) is 1.15. The van der Waals surface area contributed by atoms with E-state index in [9.17, 15) is 14.9 Å². The van der Waals surface area contributed by atoms with Gasteiger partial charge in [0.1, 0.15) is 6.07 Å². The molecule has 0 spiro atoms. The Balaban J connectivity index is 3.50. The molecule has 6 nitrogen and oxygen atoms in total. The normalized spacial score (nSPS) is 9.31. The number of esters is 1. The number of hydrogen-bond acceptors (Lipinski definition) is 5. The molecule has 0 aliphatic carbocycles. The van der Waals surface area contributed by atoms with Gasteiger partial charge in [-0.15, -0.1) is 0 Å². The summed E-state index contributed by atoms with van der Waals surface area (Å²) in [6.07, 6.45) is 0. The van der Waals surface area contributed by atoms with E-state index in [1.54, 1.807) is 0 Å². The molecule has 0 aromatic heterocycles. The zero-order chi connectivity index (χ0) is 12.3. The molecule has 0 atom stereocenters. The molecule has 0 unspecified atom stereocenters. The summed E-state index contributed by atoms with van der Waals surface area (Å²) < 4.78 is 4.46. The van der Waals surface area contributed by atoms with Crippen LogP contribution >= 0.6 is 0 Å². The fourth-order valence-corrected chi connectivity index (χ4v) is 1.29. The van der Waals surface area contributed by atoms with Crippen LogP contribution in [0.1, 0.15) is 21.5 Å². The van der Waals surface area contributed by atoms with E-state index in [1.807, 2.05) is 6.07 Å². The Bertz CT molecular complexity index is 502. The number of nitro groups is 1. The van der Waals surface area contributed by atoms with Crippen LogP contribution in [0.4, 0.5) is 5.69 Å². The van der Waals surface area contributed by atoms with E-state index in [0.29, 0.717) is 5.56 Å². The molecule has 0 heterocycles. The Kier molecular flexibility index (Phi) is 3.20. The molecule has 6 heteroatoms. The van der Waals surface area contributed by atoms with Gasteiger partial charge in [0.2, 0.25) is 0 Å². The molecule has 0 fully saturated rings. The van der Waals surface area contributed by atoms with E-state index in [1.165, 1.54) is 13.0 Å². The highest BCUT2D eigenvalue weighted by atomic mass is 16.6. The van der Waals surface area contributed by atoms with Gasteiger partial charge in [-0.2, -0.15) is 5.26 Å². The number of carbonyl (C=O) groups excluding carboxylic acids is 1. The van der Waals surface area contributed by atoms with Gasteiger partial charge in [-0.05, 0) is 12.5 Å². The van der Waals surface area contributed by atoms with E-state index >= 15 is 0 Å². The SMILES string of the molecule is COC(=O)c1cc([N+](=O)[O-])cc(C)c1C#N. The average Bonchev–Trinajstić information content (AvgIpc) is 2.26. The van der Waals surface area contributed by atoms with Gasteiger partial charge in [0.25, 0.3) is 5.69 Å². The average molecular weight is 220 g/mol. The Hall–Kier alpha value is -2.42. The second-order valence-corrected chi connectivity index (χ2v) is 3.05. The van der Waals surface area contributed by atoms with E-state index < -0.39 is 10.9 Å². The molecule has 0 saturated carbocycles. The highest BCUT2D eigenvalue weighted by Crippen LogP contribution is 2.22. The number of non-ortho nitro benzene ring substituents is 1. The van der Waals surface area contributed by atoms with Crippen molar-refractivity contribution >= 4 is 11.7 Å². The van der Waals surface area contributed by atoms with Crippen LogP contribution in [0.3, 0.4) is 0 Å². The maximum atomic E-state index is 11.3. The number of ether oxygens (including phenoxy) is 1. The molecule has 1 aromatic rings. The molecule has 1 aromatic carbocycles. The number of nitrogens with zero attached hydrogens (tertiary/aromatic N) is 2. The number of carbonyl (C=O) groups is 1. The number of rotatable bonds is 2. The van der Waals surface area contributed by atoms with Crippen LogP contribution in [0.25, 0.3) is 0 Å². The molecule has 0 bridgehead atoms. The van der Waals surface area contributed by atoms with Crippen LogP contribution in [0.15, 0.2) is 12.1 Å². The maximum Gasteiger partial charge on any atom is 0.339 e. The molecule has 1 rings (SSSR count). The van der Waals surface area contributed by atoms with Gasteiger partial charge < -0.3 is 4.74 Å². The minimum absolute atomic E-state index is 0.0864. The van der Waals surface area contributed by atoms with E-state index in [2.05, 4.69) is 4.74 Å². The lowest BCUT2D eigenvalue weighted by Gasteiger charge is -2.04. The minimum Gasteiger partial charge on any atom is -0.465 e. The number of nitro benzene ring substituents is 1. The van der Waals surface area contributed by atoms with E-state index in [0.717, 1.165) is 13.2 Å². The van der Waals surface area contributed by atoms with Crippen molar-refractivity contribution in [2.45, 2.75) is 6.92 Å². The van der Waals surface area contributed by atoms with E-state index in [4.69, 9.17) is 5.26 Å². The fourth-order valence-electron chi connectivity index (χ4n) is 1.29. The number of aryl methyl sites for hydroxylation is 1. The Morgan fingerprint density at radius 3 is 2.62 bits per heavy atom. The van der Waals surface area contributed by atoms with Crippen molar-refractivity contribution in [3.05, 3.63) is 38.9 Å². The van der Waals surface area contributed by atoms with Crippen LogP contribution in [0.2, 0.25) is 0 Å². The molecule has 0 aliphatic rings. The van der Waals surface area contributed by atoms with Crippen molar-refractivity contribution in [1.29, 1.82) is 5.26 Å². The summed E-state index contributed by atoms with van der Waals surface area (Å²) in [5, 5.41) is 19.4. The molecule has 0 N–H and O–H groups in total. The van der Waals surface area contributed by atoms with Crippen LogP contribution in [-0.4, -0.2) is 18.0 Å². The summed E-state index contributed by atoms with van der Waals surface area (Å²) in [4.78, 5) is 21.3. The molecule has 82 valence electrons. The van der Waals surface area contributed by atoms with Crippen molar-refractivity contribution in [2.24, 2.45) is 0 Å². The monoisotopic (exact) mass is 220 g/mol. The van der Waals surface area contributed by atoms with Gasteiger partial charge in [-0.3, -0.25) is 10.1 Å². The highest BCUT2D eigenvalue weighted by Gasteiger charge is 2.19. The first-order valence-corrected chi connectivity index (χ1v) is 4.28. The summed E-state index contributed by atoms with van der Waals surface area (Å²) in [5.74, 6) is -0.761. The lowest BCUT2D eigenvalue weighted by Crippen LogP contribution is -2.06. The number of nitriles is 1. The van der Waals surface area contributed by atoms with Crippen molar-refractivity contribution in [3.8, 4) is 6.07 Å². The number of methoxy groups -OCH3 is 1. The molecular formula is C10H8N2O4. The van der Waals surface area contributed by atoms with Crippen molar-refractivity contribution in [3.63, 3.8) is 0 Å². The second kappa shape index (κ2) is 4.40. The Morgan fingerprint density at radius 1 is 1.56 bits per heavy atom. The standard InChI is InChI=1S/C10H8N2O4/c1-6-3-7(12(14)15)4-8(9(6)5-11)10(13)16-2/h3-4H,1-2H3. The molecule has 0 radical (unpaired) electrons. The number of benzene rings is 1. The molecule has 16 heavy (non-hydrogen) atoms. The topological polar surface area (TPSA) is 93.2 Å². The highest BCUT2D eigenvalue weighted by molar-refractivity contribution is 5.93. The lowest BCUT2D eigenvalue weighted by molar-refractivity contribution is -0.384. The first-order valence-electron chi connectivity index (χ1n) is 4.28. The third kappa shape index (κ3) is 1.98. The lowest BCUT2D eigenvalue weighted by atomic mass is 10.0. The van der Waals surface area contributed by atoms with E-state index in [-0.39, 0.29) is 16.8 Å². The zero-order valence-electron chi connectivity index (χ0n) is 8.68. The van der Waals surface area contributed by atoms with Crippen LogP contribution in [-0.2, 0) is 4.74 Å². The van der Waals surface area contributed by atoms with Crippen LogP contribution in [0, 0.1) is 28.4 Å². The smallest absolute Gasteiger partial charge is 0.339 e. The fraction of sp³-hybridized carbons (Fsp3) is 0.200. The molecule has 0 amide bonds. The van der Waals surface area contributed by atoms with Gasteiger partial charge in [-0.25, -0.2) is 4.79 Å². The van der Waals surface area contributed by atoms with Crippen LogP contribution < -0.4 is 0 Å². The summed E-state index contributed by atoms with van der Waals surface area (Å²) >= 11 is 0. The van der Waals surface area contributed by atoms with Gasteiger partial charge in [-0.1, -0.05) is 0 Å². The second-order valence-electron chi connectivity index (χ2n) is 3.05. The molecular weight excluding hydrogens is 212 g/mol. The van der Waals surface area contributed by atoms with Crippen molar-refractivity contribution in [1.82, 2.24) is 0 Å². The zero-order valence-corrected chi connectivity index (χ0v) is 8.68. The summed E-state index contributed by atoms with van der Waals surface area (Å²) in [5.41, 5.74) is 0.142. The predicted molar refractivity (Wildman–Crippen MR) is 53.9 cm³/mol.